The van der Waals surface area contributed by atoms with E-state index in [1.807, 2.05) is 6.07 Å². The van der Waals surface area contributed by atoms with Crippen molar-refractivity contribution in [1.29, 1.82) is 0 Å². The van der Waals surface area contributed by atoms with E-state index in [0.29, 0.717) is 18.8 Å². The Balaban J connectivity index is 2.24. The Bertz CT molecular complexity index is 363. The van der Waals surface area contributed by atoms with Crippen LogP contribution in [-0.2, 0) is 6.42 Å². The van der Waals surface area contributed by atoms with E-state index in [9.17, 15) is 4.79 Å². The van der Waals surface area contributed by atoms with Crippen LogP contribution in [0.15, 0.2) is 12.3 Å². The van der Waals surface area contributed by atoms with E-state index in [1.54, 1.807) is 13.2 Å². The largest absolute Gasteiger partial charge is 0.491 e. The van der Waals surface area contributed by atoms with Crippen molar-refractivity contribution in [1.82, 2.24) is 10.3 Å². The molecule has 4 heteroatoms. The molecule has 0 saturated carbocycles. The summed E-state index contributed by atoms with van der Waals surface area (Å²) in [7, 11) is 1.74. The fourth-order valence-corrected chi connectivity index (χ4v) is 1.48. The number of nitrogens with one attached hydrogen (secondary N) is 1. The molecule has 2 heterocycles. The average molecular weight is 192 g/mol. The van der Waals surface area contributed by atoms with Crippen LogP contribution < -0.4 is 10.1 Å². The predicted octanol–water partition coefficient (Wildman–Crippen LogP) is 0.419. The Morgan fingerprint density at radius 2 is 2.57 bits per heavy atom. The number of rotatable bonds is 3. The molecule has 1 N–H and O–H groups in total. The molecular weight excluding hydrogens is 180 g/mol. The van der Waals surface area contributed by atoms with Gasteiger partial charge in [0.25, 0.3) is 0 Å². The zero-order valence-corrected chi connectivity index (χ0v) is 8.04. The van der Waals surface area contributed by atoms with Gasteiger partial charge < -0.3 is 10.1 Å². The van der Waals surface area contributed by atoms with Crippen LogP contribution in [0.3, 0.4) is 0 Å². The van der Waals surface area contributed by atoms with Gasteiger partial charge in [0.2, 0.25) is 0 Å². The first-order valence-corrected chi connectivity index (χ1v) is 4.61. The lowest BCUT2D eigenvalue weighted by atomic mass is 10.1. The third kappa shape index (κ3) is 1.61. The molecule has 0 aromatic carbocycles. The Morgan fingerprint density at radius 3 is 3.36 bits per heavy atom. The van der Waals surface area contributed by atoms with Gasteiger partial charge in [0.15, 0.2) is 5.78 Å². The van der Waals surface area contributed by atoms with Crippen molar-refractivity contribution >= 4 is 5.78 Å². The molecule has 0 bridgehead atoms. The number of ether oxygens (including phenoxy) is 1. The number of carbonyl (C=O) groups is 1. The van der Waals surface area contributed by atoms with Gasteiger partial charge in [-0.3, -0.25) is 4.79 Å². The molecule has 0 spiro atoms. The minimum atomic E-state index is 0.0159. The normalized spacial score (nSPS) is 13.5. The number of carbonyl (C=O) groups excluding carboxylic acids is 1. The second-order valence-corrected chi connectivity index (χ2v) is 3.23. The molecule has 4 nitrogen and oxygen atoms in total. The van der Waals surface area contributed by atoms with E-state index in [2.05, 4.69) is 10.3 Å². The molecule has 1 aliphatic heterocycles. The van der Waals surface area contributed by atoms with Gasteiger partial charge in [0.1, 0.15) is 11.4 Å². The maximum absolute atomic E-state index is 11.5. The molecule has 0 amide bonds. The Labute approximate surface area is 82.3 Å². The molecular formula is C10H12N2O2. The molecule has 0 unspecified atom stereocenters. The van der Waals surface area contributed by atoms with E-state index >= 15 is 0 Å². The summed E-state index contributed by atoms with van der Waals surface area (Å²) in [5, 5.41) is 2.81. The smallest absolute Gasteiger partial charge is 0.194 e. The lowest BCUT2D eigenvalue weighted by molar-refractivity contribution is 0.0989. The topological polar surface area (TPSA) is 51.2 Å². The van der Waals surface area contributed by atoms with Crippen LogP contribution in [0.1, 0.15) is 16.1 Å². The Kier molecular flexibility index (Phi) is 2.45. The van der Waals surface area contributed by atoms with Crippen LogP contribution in [0.4, 0.5) is 0 Å². The summed E-state index contributed by atoms with van der Waals surface area (Å²) in [6.07, 6.45) is 2.50. The number of hydrogen-bond acceptors (Lipinski definition) is 4. The third-order valence-electron chi connectivity index (χ3n) is 2.20. The number of pyridine rings is 1. The second-order valence-electron chi connectivity index (χ2n) is 3.23. The summed E-state index contributed by atoms with van der Waals surface area (Å²) in [5.41, 5.74) is 1.60. The summed E-state index contributed by atoms with van der Waals surface area (Å²) >= 11 is 0. The maximum atomic E-state index is 11.5. The van der Waals surface area contributed by atoms with Gasteiger partial charge in [0, 0.05) is 12.0 Å². The summed E-state index contributed by atoms with van der Waals surface area (Å²) in [5.74, 6) is 0.827. The average Bonchev–Trinajstić information content (AvgIpc) is 2.64. The molecule has 1 aromatic heterocycles. The predicted molar refractivity (Wildman–Crippen MR) is 51.7 cm³/mol. The zero-order chi connectivity index (χ0) is 9.97. The van der Waals surface area contributed by atoms with Gasteiger partial charge in [-0.15, -0.1) is 0 Å². The monoisotopic (exact) mass is 192 g/mol. The highest BCUT2D eigenvalue weighted by molar-refractivity contribution is 5.96. The molecule has 1 aromatic rings. The standard InChI is InChI=1S/C10H12N2O2/c1-11-5-9(13)8-4-7-2-3-14-10(7)6-12-8/h4,6,11H,2-3,5H2,1H3. The van der Waals surface area contributed by atoms with Crippen molar-refractivity contribution in [2.24, 2.45) is 0 Å². The van der Waals surface area contributed by atoms with Crippen LogP contribution in [-0.4, -0.2) is 31.0 Å². The first-order valence-electron chi connectivity index (χ1n) is 4.61. The van der Waals surface area contributed by atoms with Crippen molar-refractivity contribution in [3.05, 3.63) is 23.5 Å². The molecule has 0 radical (unpaired) electrons. The molecule has 1 aliphatic rings. The Morgan fingerprint density at radius 1 is 1.71 bits per heavy atom. The fraction of sp³-hybridized carbons (Fsp3) is 0.400. The minimum Gasteiger partial charge on any atom is -0.491 e. The van der Waals surface area contributed by atoms with Crippen LogP contribution >= 0.6 is 0 Å². The molecule has 14 heavy (non-hydrogen) atoms. The number of nitrogens with zero attached hydrogens (tertiary/aromatic N) is 1. The van der Waals surface area contributed by atoms with Gasteiger partial charge in [-0.1, -0.05) is 0 Å². The van der Waals surface area contributed by atoms with Gasteiger partial charge >= 0.3 is 0 Å². The third-order valence-corrected chi connectivity index (χ3v) is 2.20. The number of likely N-dealkylation sites (N-methyl/N-ethyl adjacent to an activating group) is 1. The number of ketones is 1. The van der Waals surface area contributed by atoms with Crippen LogP contribution in [0, 0.1) is 0 Å². The summed E-state index contributed by atoms with van der Waals surface area (Å²) < 4.78 is 5.30. The van der Waals surface area contributed by atoms with Crippen LogP contribution in [0.5, 0.6) is 5.75 Å². The number of fused-ring (bicyclic) bond motifs is 1. The van der Waals surface area contributed by atoms with Gasteiger partial charge in [0.05, 0.1) is 19.3 Å². The highest BCUT2D eigenvalue weighted by Crippen LogP contribution is 2.24. The first kappa shape index (κ1) is 9.15. The van der Waals surface area contributed by atoms with Crippen molar-refractivity contribution in [3.63, 3.8) is 0 Å². The molecule has 0 atom stereocenters. The number of Topliss-reactive ketones (excluding diaryl/α,β-unsaturated/α-hetero) is 1. The lowest BCUT2D eigenvalue weighted by Crippen LogP contribution is -2.19. The van der Waals surface area contributed by atoms with Crippen LogP contribution in [0.25, 0.3) is 0 Å². The minimum absolute atomic E-state index is 0.0159. The summed E-state index contributed by atoms with van der Waals surface area (Å²) in [4.78, 5) is 15.5. The van der Waals surface area contributed by atoms with Crippen molar-refractivity contribution in [2.75, 3.05) is 20.2 Å². The molecule has 0 aliphatic carbocycles. The number of hydrogen-bond donors (Lipinski definition) is 1. The van der Waals surface area contributed by atoms with Gasteiger partial charge in [-0.25, -0.2) is 4.98 Å². The van der Waals surface area contributed by atoms with Gasteiger partial charge in [-0.2, -0.15) is 0 Å². The summed E-state index contributed by atoms with van der Waals surface area (Å²) in [6, 6.07) is 1.82. The van der Waals surface area contributed by atoms with E-state index < -0.39 is 0 Å². The van der Waals surface area contributed by atoms with Crippen molar-refractivity contribution in [2.45, 2.75) is 6.42 Å². The quantitative estimate of drug-likeness (QED) is 0.705. The van der Waals surface area contributed by atoms with E-state index in [-0.39, 0.29) is 5.78 Å². The molecule has 0 saturated heterocycles. The van der Waals surface area contributed by atoms with E-state index in [0.717, 1.165) is 17.7 Å². The highest BCUT2D eigenvalue weighted by atomic mass is 16.5. The highest BCUT2D eigenvalue weighted by Gasteiger charge is 2.15. The molecule has 2 rings (SSSR count). The van der Waals surface area contributed by atoms with Crippen molar-refractivity contribution < 1.29 is 9.53 Å². The lowest BCUT2D eigenvalue weighted by Gasteiger charge is -2.01. The first-order chi connectivity index (χ1) is 6.81. The van der Waals surface area contributed by atoms with Gasteiger partial charge in [-0.05, 0) is 13.1 Å². The van der Waals surface area contributed by atoms with Crippen molar-refractivity contribution in [3.8, 4) is 5.75 Å². The zero-order valence-electron chi connectivity index (χ0n) is 8.04. The second kappa shape index (κ2) is 3.75. The van der Waals surface area contributed by atoms with Crippen LogP contribution in [0.2, 0.25) is 0 Å². The Hall–Kier alpha value is -1.42. The number of aromatic nitrogens is 1. The molecule has 74 valence electrons. The maximum Gasteiger partial charge on any atom is 0.194 e. The summed E-state index contributed by atoms with van der Waals surface area (Å²) in [6.45, 7) is 1.02. The van der Waals surface area contributed by atoms with E-state index in [1.165, 1.54) is 0 Å². The SMILES string of the molecule is CNCC(=O)c1cc2c(cn1)OCC2. The van der Waals surface area contributed by atoms with E-state index in [4.69, 9.17) is 4.74 Å². The molecule has 0 fully saturated rings. The fourth-order valence-electron chi connectivity index (χ4n) is 1.48.